The van der Waals surface area contributed by atoms with Crippen LogP contribution < -0.4 is 10.6 Å². The van der Waals surface area contributed by atoms with Gasteiger partial charge in [-0.05, 0) is 50.8 Å². The monoisotopic (exact) mass is 309 g/mol. The van der Waals surface area contributed by atoms with Crippen molar-refractivity contribution in [1.82, 2.24) is 10.6 Å². The molecule has 0 saturated heterocycles. The Hall–Kier alpha value is -1.62. The van der Waals surface area contributed by atoms with Crippen molar-refractivity contribution in [1.29, 1.82) is 0 Å². The molecule has 124 valence electrons. The molecule has 0 atom stereocenters. The van der Waals surface area contributed by atoms with Gasteiger partial charge in [-0.25, -0.2) is 4.39 Å². The molecule has 0 aliphatic heterocycles. The maximum absolute atomic E-state index is 12.8. The average Bonchev–Trinajstić information content (AvgIpc) is 2.52. The average molecular weight is 309 g/mol. The van der Waals surface area contributed by atoms with Crippen molar-refractivity contribution in [2.75, 3.05) is 32.8 Å². The van der Waals surface area contributed by atoms with E-state index in [9.17, 15) is 4.39 Å². The Balaban J connectivity index is 2.25. The van der Waals surface area contributed by atoms with Crippen molar-refractivity contribution in [2.24, 2.45) is 4.99 Å². The van der Waals surface area contributed by atoms with Crippen LogP contribution in [0, 0.1) is 5.82 Å². The van der Waals surface area contributed by atoms with Gasteiger partial charge in [-0.1, -0.05) is 12.1 Å². The van der Waals surface area contributed by atoms with Gasteiger partial charge in [0.2, 0.25) is 0 Å². The highest BCUT2D eigenvalue weighted by Gasteiger charge is 1.98. The second kappa shape index (κ2) is 12.0. The first-order valence-corrected chi connectivity index (χ1v) is 8.10. The molecule has 0 aliphatic carbocycles. The van der Waals surface area contributed by atoms with Gasteiger partial charge in [0.25, 0.3) is 0 Å². The lowest BCUT2D eigenvalue weighted by atomic mass is 10.1. The maximum Gasteiger partial charge on any atom is 0.191 e. The van der Waals surface area contributed by atoms with E-state index in [1.807, 2.05) is 26.0 Å². The topological polar surface area (TPSA) is 45.7 Å². The summed E-state index contributed by atoms with van der Waals surface area (Å²) in [5, 5.41) is 6.53. The van der Waals surface area contributed by atoms with Crippen molar-refractivity contribution in [3.63, 3.8) is 0 Å². The number of rotatable bonds is 10. The first-order valence-electron chi connectivity index (χ1n) is 8.10. The summed E-state index contributed by atoms with van der Waals surface area (Å²) in [6.07, 6.45) is 2.90. The van der Waals surface area contributed by atoms with Crippen LogP contribution in [-0.2, 0) is 11.2 Å². The Morgan fingerprint density at radius 2 is 1.91 bits per heavy atom. The number of benzene rings is 1. The number of ether oxygens (including phenoxy) is 1. The van der Waals surface area contributed by atoms with Crippen molar-refractivity contribution in [2.45, 2.75) is 33.1 Å². The summed E-state index contributed by atoms with van der Waals surface area (Å²) in [6, 6.07) is 6.61. The van der Waals surface area contributed by atoms with Crippen molar-refractivity contribution in [3.8, 4) is 0 Å². The third-order valence-electron chi connectivity index (χ3n) is 3.13. The molecule has 22 heavy (non-hydrogen) atoms. The fourth-order valence-electron chi connectivity index (χ4n) is 1.97. The second-order valence-electron chi connectivity index (χ2n) is 4.97. The third kappa shape index (κ3) is 8.62. The minimum Gasteiger partial charge on any atom is -0.382 e. The van der Waals surface area contributed by atoms with Gasteiger partial charge in [0.05, 0.1) is 0 Å². The van der Waals surface area contributed by atoms with Gasteiger partial charge in [-0.2, -0.15) is 0 Å². The van der Waals surface area contributed by atoms with E-state index in [4.69, 9.17) is 4.74 Å². The predicted octanol–water partition coefficient (Wildman–Crippen LogP) is 2.74. The highest BCUT2D eigenvalue weighted by Crippen LogP contribution is 2.02. The molecule has 0 amide bonds. The smallest absolute Gasteiger partial charge is 0.191 e. The van der Waals surface area contributed by atoms with Crippen LogP contribution in [0.2, 0.25) is 0 Å². The van der Waals surface area contributed by atoms with Crippen molar-refractivity contribution in [3.05, 3.63) is 35.6 Å². The van der Waals surface area contributed by atoms with E-state index in [2.05, 4.69) is 15.6 Å². The van der Waals surface area contributed by atoms with Gasteiger partial charge in [0.1, 0.15) is 5.82 Å². The molecular weight excluding hydrogens is 281 g/mol. The Morgan fingerprint density at radius 1 is 1.14 bits per heavy atom. The predicted molar refractivity (Wildman–Crippen MR) is 89.8 cm³/mol. The zero-order chi connectivity index (χ0) is 16.0. The summed E-state index contributed by atoms with van der Waals surface area (Å²) in [4.78, 5) is 4.54. The molecule has 0 spiro atoms. The number of nitrogens with zero attached hydrogens (tertiary/aromatic N) is 1. The molecule has 1 aromatic rings. The van der Waals surface area contributed by atoms with Crippen LogP contribution in [0.3, 0.4) is 0 Å². The van der Waals surface area contributed by atoms with Crippen LogP contribution in [0.1, 0.15) is 32.3 Å². The summed E-state index contributed by atoms with van der Waals surface area (Å²) in [5.41, 5.74) is 1.11. The summed E-state index contributed by atoms with van der Waals surface area (Å²) in [7, 11) is 0. The molecule has 0 saturated carbocycles. The number of unbranched alkanes of at least 4 members (excludes halogenated alkanes) is 1. The zero-order valence-electron chi connectivity index (χ0n) is 13.7. The van der Waals surface area contributed by atoms with Crippen LogP contribution in [0.15, 0.2) is 29.3 Å². The van der Waals surface area contributed by atoms with E-state index in [1.165, 1.54) is 12.1 Å². The lowest BCUT2D eigenvalue weighted by Crippen LogP contribution is -2.38. The first-order chi connectivity index (χ1) is 10.8. The van der Waals surface area contributed by atoms with Crippen LogP contribution >= 0.6 is 0 Å². The molecule has 1 aromatic carbocycles. The number of hydrogen-bond donors (Lipinski definition) is 2. The van der Waals surface area contributed by atoms with E-state index >= 15 is 0 Å². The molecule has 4 nitrogen and oxygen atoms in total. The summed E-state index contributed by atoms with van der Waals surface area (Å²) < 4.78 is 18.1. The standard InChI is InChI=1S/C17H28FN3O/c1-3-19-17(20-12-5-6-14-22-4-2)21-13-11-15-7-9-16(18)10-8-15/h7-10H,3-6,11-14H2,1-2H3,(H2,19,20,21). The lowest BCUT2D eigenvalue weighted by Gasteiger charge is -2.11. The Kier molecular flexibility index (Phi) is 10.0. The number of nitrogens with one attached hydrogen (secondary N) is 2. The molecule has 0 fully saturated rings. The van der Waals surface area contributed by atoms with Gasteiger partial charge in [-0.3, -0.25) is 4.99 Å². The summed E-state index contributed by atoms with van der Waals surface area (Å²) >= 11 is 0. The van der Waals surface area contributed by atoms with Crippen molar-refractivity contribution >= 4 is 5.96 Å². The molecule has 0 unspecified atom stereocenters. The first kappa shape index (κ1) is 18.4. The van der Waals surface area contributed by atoms with E-state index in [0.29, 0.717) is 0 Å². The Labute approximate surface area is 133 Å². The quantitative estimate of drug-likeness (QED) is 0.397. The van der Waals surface area contributed by atoms with Gasteiger partial charge in [-0.15, -0.1) is 0 Å². The molecular formula is C17H28FN3O. The van der Waals surface area contributed by atoms with Gasteiger partial charge in [0, 0.05) is 32.8 Å². The number of aliphatic imine (C=N–C) groups is 1. The third-order valence-corrected chi connectivity index (χ3v) is 3.13. The molecule has 2 N–H and O–H groups in total. The highest BCUT2D eigenvalue weighted by atomic mass is 19.1. The fourth-order valence-corrected chi connectivity index (χ4v) is 1.97. The van der Waals surface area contributed by atoms with E-state index in [0.717, 1.165) is 63.6 Å². The SMILES string of the molecule is CCNC(=NCCCCOCC)NCCc1ccc(F)cc1. The van der Waals surface area contributed by atoms with Crippen LogP contribution in [0.5, 0.6) is 0 Å². The maximum atomic E-state index is 12.8. The van der Waals surface area contributed by atoms with Crippen LogP contribution in [0.4, 0.5) is 4.39 Å². The van der Waals surface area contributed by atoms with Gasteiger partial charge in [0.15, 0.2) is 5.96 Å². The minimum absolute atomic E-state index is 0.196. The molecule has 0 heterocycles. The lowest BCUT2D eigenvalue weighted by molar-refractivity contribution is 0.144. The van der Waals surface area contributed by atoms with E-state index < -0.39 is 0 Å². The Bertz CT molecular complexity index is 420. The molecule has 0 radical (unpaired) electrons. The molecule has 0 aromatic heterocycles. The molecule has 0 aliphatic rings. The zero-order valence-corrected chi connectivity index (χ0v) is 13.7. The summed E-state index contributed by atoms with van der Waals surface area (Å²) in [5.74, 6) is 0.639. The highest BCUT2D eigenvalue weighted by molar-refractivity contribution is 5.79. The second-order valence-corrected chi connectivity index (χ2v) is 4.97. The molecule has 1 rings (SSSR count). The van der Waals surface area contributed by atoms with Crippen molar-refractivity contribution < 1.29 is 9.13 Å². The minimum atomic E-state index is -0.196. The number of guanidine groups is 1. The largest absolute Gasteiger partial charge is 0.382 e. The molecule has 0 bridgehead atoms. The van der Waals surface area contributed by atoms with Gasteiger partial charge >= 0.3 is 0 Å². The number of halogens is 1. The van der Waals surface area contributed by atoms with E-state index in [-0.39, 0.29) is 5.82 Å². The normalized spacial score (nSPS) is 11.5. The van der Waals surface area contributed by atoms with E-state index in [1.54, 1.807) is 0 Å². The fraction of sp³-hybridized carbons (Fsp3) is 0.588. The summed E-state index contributed by atoms with van der Waals surface area (Å²) in [6.45, 7) is 8.03. The Morgan fingerprint density at radius 3 is 2.59 bits per heavy atom. The van der Waals surface area contributed by atoms with Crippen LogP contribution in [-0.4, -0.2) is 38.8 Å². The number of hydrogen-bond acceptors (Lipinski definition) is 2. The van der Waals surface area contributed by atoms with Crippen LogP contribution in [0.25, 0.3) is 0 Å². The van der Waals surface area contributed by atoms with Gasteiger partial charge < -0.3 is 15.4 Å². The molecule has 5 heteroatoms.